The third-order valence-corrected chi connectivity index (χ3v) is 8.99. The molecule has 1 fully saturated rings. The fourth-order valence-electron chi connectivity index (χ4n) is 6.31. The SMILES string of the molecule is C/C(C[C@@]1(C)CC[C@H](C)N2C[C@H]1n1cc(C(=O)NCc3ccc(F)cc3F)c(=O)c(OCOC(=O)Oc3ccc([N+](=O)[O-])cc3)c1C2=O)=N/O. The molecule has 3 heterocycles. The van der Waals surface area contributed by atoms with E-state index in [1.807, 2.05) is 13.8 Å². The molecule has 264 valence electrons. The molecule has 0 saturated carbocycles. The Labute approximate surface area is 283 Å². The van der Waals surface area contributed by atoms with Gasteiger partial charge in [0.15, 0.2) is 5.69 Å². The predicted molar refractivity (Wildman–Crippen MR) is 170 cm³/mol. The van der Waals surface area contributed by atoms with Crippen LogP contribution in [0.2, 0.25) is 0 Å². The fraction of sp³-hybridized carbons (Fsp3) is 0.364. The van der Waals surface area contributed by atoms with Crippen LogP contribution >= 0.6 is 0 Å². The first-order chi connectivity index (χ1) is 23.7. The second-order valence-electron chi connectivity index (χ2n) is 12.4. The number of non-ortho nitro benzene ring substituents is 1. The van der Waals surface area contributed by atoms with Crippen molar-refractivity contribution >= 4 is 29.4 Å². The lowest BCUT2D eigenvalue weighted by Crippen LogP contribution is -2.50. The summed E-state index contributed by atoms with van der Waals surface area (Å²) in [5.41, 5.74) is -2.25. The molecule has 15 nitrogen and oxygen atoms in total. The summed E-state index contributed by atoms with van der Waals surface area (Å²) in [6, 6.07) is 6.52. The van der Waals surface area contributed by atoms with E-state index in [1.165, 1.54) is 22.9 Å². The lowest BCUT2D eigenvalue weighted by molar-refractivity contribution is -0.384. The maximum absolute atomic E-state index is 14.3. The van der Waals surface area contributed by atoms with E-state index < -0.39 is 76.1 Å². The van der Waals surface area contributed by atoms with Gasteiger partial charge in [-0.15, -0.1) is 0 Å². The number of oxime groups is 1. The van der Waals surface area contributed by atoms with Crippen LogP contribution < -0.4 is 20.2 Å². The first-order valence-electron chi connectivity index (χ1n) is 15.4. The largest absolute Gasteiger partial charge is 0.516 e. The number of nitro groups is 1. The zero-order valence-electron chi connectivity index (χ0n) is 27.2. The number of pyridine rings is 1. The molecule has 2 aliphatic heterocycles. The zero-order chi connectivity index (χ0) is 36.3. The number of nitrogens with one attached hydrogen (secondary N) is 1. The van der Waals surface area contributed by atoms with Crippen molar-refractivity contribution in [2.75, 3.05) is 13.3 Å². The Morgan fingerprint density at radius 1 is 1.18 bits per heavy atom. The van der Waals surface area contributed by atoms with E-state index in [1.54, 1.807) is 11.8 Å². The summed E-state index contributed by atoms with van der Waals surface area (Å²) in [5, 5.41) is 26.2. The van der Waals surface area contributed by atoms with E-state index in [-0.39, 0.29) is 35.3 Å². The topological polar surface area (TPSA) is 192 Å². The average molecular weight is 698 g/mol. The Morgan fingerprint density at radius 2 is 1.90 bits per heavy atom. The van der Waals surface area contributed by atoms with Gasteiger partial charge in [-0.05, 0) is 56.7 Å². The van der Waals surface area contributed by atoms with E-state index in [0.717, 1.165) is 24.3 Å². The third kappa shape index (κ3) is 7.25. The van der Waals surface area contributed by atoms with Gasteiger partial charge >= 0.3 is 6.16 Å². The lowest BCUT2D eigenvalue weighted by Gasteiger charge is -2.43. The van der Waals surface area contributed by atoms with E-state index >= 15 is 0 Å². The maximum Gasteiger partial charge on any atom is 0.516 e. The normalized spacial score (nSPS) is 20.0. The molecule has 0 aliphatic carbocycles. The summed E-state index contributed by atoms with van der Waals surface area (Å²) in [6.45, 7) is 4.28. The van der Waals surface area contributed by atoms with Gasteiger partial charge in [-0.2, -0.15) is 0 Å². The van der Waals surface area contributed by atoms with Crippen LogP contribution in [-0.4, -0.2) is 62.7 Å². The van der Waals surface area contributed by atoms with Crippen molar-refractivity contribution in [3.63, 3.8) is 0 Å². The van der Waals surface area contributed by atoms with Crippen molar-refractivity contribution in [1.82, 2.24) is 14.8 Å². The van der Waals surface area contributed by atoms with E-state index in [0.29, 0.717) is 31.0 Å². The summed E-state index contributed by atoms with van der Waals surface area (Å²) < 4.78 is 44.8. The van der Waals surface area contributed by atoms with Crippen LogP contribution in [0.5, 0.6) is 11.5 Å². The molecule has 5 rings (SSSR count). The van der Waals surface area contributed by atoms with Crippen LogP contribution in [0.25, 0.3) is 0 Å². The zero-order valence-corrected chi connectivity index (χ0v) is 27.2. The first-order valence-corrected chi connectivity index (χ1v) is 15.4. The average Bonchev–Trinajstić information content (AvgIpc) is 3.18. The Morgan fingerprint density at radius 3 is 2.56 bits per heavy atom. The first kappa shape index (κ1) is 35.4. The van der Waals surface area contributed by atoms with Gasteiger partial charge in [0.1, 0.15) is 22.9 Å². The lowest BCUT2D eigenvalue weighted by atomic mass is 9.74. The number of rotatable bonds is 10. The van der Waals surface area contributed by atoms with E-state index in [2.05, 4.69) is 10.5 Å². The standard InChI is InChI=1S/C33H33F2N5O10/c1-18(37-45)13-33(3)11-10-19(2)38-16-26(33)39-15-24(30(42)36-14-20-4-5-21(34)12-25(20)35)28(41)29(27(39)31(38)43)48-17-49-32(44)50-23-8-6-22(7-9-23)40(46)47/h4-9,12,15,19,26,45H,10-11,13-14,16-17H2,1-3H3,(H,36,42)/b37-18-/t19-,26+,33+/m0/s1. The summed E-state index contributed by atoms with van der Waals surface area (Å²) in [5.74, 6) is -3.94. The number of carbonyl (C=O) groups is 3. The molecule has 2 aromatic carbocycles. The number of fused-ring (bicyclic) bond motifs is 4. The Hall–Kier alpha value is -5.87. The molecule has 2 N–H and O–H groups in total. The van der Waals surface area contributed by atoms with Crippen LogP contribution in [0.15, 0.2) is 58.6 Å². The molecule has 2 amide bonds. The van der Waals surface area contributed by atoms with Gasteiger partial charge in [-0.3, -0.25) is 24.5 Å². The Bertz CT molecular complexity index is 1930. The van der Waals surface area contributed by atoms with Gasteiger partial charge in [0, 0.05) is 49.1 Å². The van der Waals surface area contributed by atoms with Gasteiger partial charge in [-0.1, -0.05) is 18.1 Å². The number of hydrogen-bond donors (Lipinski definition) is 2. The van der Waals surface area contributed by atoms with Gasteiger partial charge in [0.05, 0.1) is 16.7 Å². The van der Waals surface area contributed by atoms with Crippen molar-refractivity contribution in [3.8, 4) is 11.5 Å². The molecule has 0 spiro atoms. The van der Waals surface area contributed by atoms with Crippen LogP contribution in [0, 0.1) is 27.2 Å². The fourth-order valence-corrected chi connectivity index (χ4v) is 6.31. The molecule has 0 unspecified atom stereocenters. The van der Waals surface area contributed by atoms with E-state index in [4.69, 9.17) is 14.2 Å². The summed E-state index contributed by atoms with van der Waals surface area (Å²) in [6.07, 6.45) is 1.37. The van der Waals surface area contributed by atoms with Gasteiger partial charge in [0.2, 0.25) is 18.0 Å². The van der Waals surface area contributed by atoms with Crippen molar-refractivity contribution in [2.45, 2.75) is 58.7 Å². The van der Waals surface area contributed by atoms with Crippen LogP contribution in [0.4, 0.5) is 19.3 Å². The highest BCUT2D eigenvalue weighted by atomic mass is 19.1. The molecular weight excluding hydrogens is 664 g/mol. The highest BCUT2D eigenvalue weighted by Gasteiger charge is 2.48. The highest BCUT2D eigenvalue weighted by molar-refractivity contribution is 5.99. The Kier molecular flexibility index (Phi) is 10.1. The number of halogens is 2. The molecule has 3 aromatic rings. The number of aromatic nitrogens is 1. The number of hydrogen-bond acceptors (Lipinski definition) is 11. The highest BCUT2D eigenvalue weighted by Crippen LogP contribution is 2.47. The van der Waals surface area contributed by atoms with Crippen LogP contribution in [-0.2, 0) is 11.3 Å². The third-order valence-electron chi connectivity index (χ3n) is 8.99. The molecule has 1 aromatic heterocycles. The predicted octanol–water partition coefficient (Wildman–Crippen LogP) is 4.94. The minimum Gasteiger partial charge on any atom is -0.451 e. The molecule has 3 atom stereocenters. The number of ether oxygens (including phenoxy) is 3. The van der Waals surface area contributed by atoms with Crippen molar-refractivity contribution < 1.29 is 47.5 Å². The minimum atomic E-state index is -1.30. The molecule has 0 radical (unpaired) electrons. The molecule has 2 bridgehead atoms. The summed E-state index contributed by atoms with van der Waals surface area (Å²) in [4.78, 5) is 65.6. The van der Waals surface area contributed by atoms with Crippen molar-refractivity contribution in [2.24, 2.45) is 10.6 Å². The van der Waals surface area contributed by atoms with Gasteiger partial charge < -0.3 is 34.2 Å². The number of nitrogens with zero attached hydrogens (tertiary/aromatic N) is 4. The van der Waals surface area contributed by atoms with Crippen LogP contribution in [0.3, 0.4) is 0 Å². The molecular formula is C33H33F2N5O10. The number of benzene rings is 2. The second kappa shape index (κ2) is 14.3. The van der Waals surface area contributed by atoms with Crippen LogP contribution in [0.1, 0.15) is 72.5 Å². The molecule has 17 heteroatoms. The summed E-state index contributed by atoms with van der Waals surface area (Å²) >= 11 is 0. The quantitative estimate of drug-likeness (QED) is 0.0558. The summed E-state index contributed by atoms with van der Waals surface area (Å²) in [7, 11) is 0. The Balaban J connectivity index is 1.50. The van der Waals surface area contributed by atoms with Crippen molar-refractivity contribution in [1.29, 1.82) is 0 Å². The number of carbonyl (C=O) groups excluding carboxylic acids is 3. The number of amides is 2. The molecule has 1 saturated heterocycles. The second-order valence-corrected chi connectivity index (χ2v) is 12.4. The maximum atomic E-state index is 14.3. The number of nitro benzene ring substituents is 1. The van der Waals surface area contributed by atoms with E-state index in [9.17, 15) is 43.3 Å². The van der Waals surface area contributed by atoms with Gasteiger partial charge in [0.25, 0.3) is 17.5 Å². The monoisotopic (exact) mass is 697 g/mol. The van der Waals surface area contributed by atoms with Gasteiger partial charge in [-0.25, -0.2) is 13.6 Å². The van der Waals surface area contributed by atoms with Crippen molar-refractivity contribution in [3.05, 3.63) is 97.5 Å². The smallest absolute Gasteiger partial charge is 0.451 e. The molecule has 50 heavy (non-hydrogen) atoms. The molecule has 2 aliphatic rings. The minimum absolute atomic E-state index is 0.0517.